The summed E-state index contributed by atoms with van der Waals surface area (Å²) in [6, 6.07) is 4.24. The van der Waals surface area contributed by atoms with E-state index in [4.69, 9.17) is 9.72 Å². The van der Waals surface area contributed by atoms with E-state index in [-0.39, 0.29) is 12.8 Å². The van der Waals surface area contributed by atoms with Crippen LogP contribution in [0.15, 0.2) is 30.6 Å². The Balaban J connectivity index is 1.50. The molecule has 0 spiro atoms. The zero-order valence-electron chi connectivity index (χ0n) is 21.8. The van der Waals surface area contributed by atoms with Crippen LogP contribution in [0, 0.1) is 5.82 Å². The number of methoxy groups -OCH3 is 1. The number of rotatable bonds is 16. The number of amides is 1. The number of anilines is 1. The summed E-state index contributed by atoms with van der Waals surface area (Å²) in [7, 11) is 1.44. The van der Waals surface area contributed by atoms with Crippen LogP contribution in [0.4, 0.5) is 14.6 Å². The van der Waals surface area contributed by atoms with Gasteiger partial charge < -0.3 is 25.4 Å². The topological polar surface area (TPSA) is 117 Å². The number of hydrogen-bond donors (Lipinski definition) is 3. The Morgan fingerprint density at radius 1 is 1.26 bits per heavy atom. The van der Waals surface area contributed by atoms with Crippen molar-refractivity contribution in [1.82, 2.24) is 20.2 Å². The largest absolute Gasteiger partial charge is 0.480 e. The lowest BCUT2D eigenvalue weighted by Crippen LogP contribution is -2.45. The van der Waals surface area contributed by atoms with Gasteiger partial charge in [0.15, 0.2) is 0 Å². The summed E-state index contributed by atoms with van der Waals surface area (Å²) in [4.78, 5) is 34.6. The van der Waals surface area contributed by atoms with Gasteiger partial charge in [0.1, 0.15) is 24.4 Å². The van der Waals surface area contributed by atoms with Gasteiger partial charge in [-0.3, -0.25) is 9.78 Å². The molecule has 3 rings (SSSR count). The summed E-state index contributed by atoms with van der Waals surface area (Å²) in [5.74, 6) is -1.31. The Hall–Kier alpha value is -3.18. The molecule has 2 aromatic rings. The molecule has 2 aromatic heterocycles. The molecule has 2 atom stereocenters. The van der Waals surface area contributed by atoms with Crippen LogP contribution in [0.3, 0.4) is 0 Å². The van der Waals surface area contributed by atoms with Crippen molar-refractivity contribution in [2.24, 2.45) is 0 Å². The number of carbonyl (C=O) groups excluding carboxylic acids is 1. The first-order valence-electron chi connectivity index (χ1n) is 13.0. The molecule has 3 heterocycles. The van der Waals surface area contributed by atoms with Crippen LogP contribution in [0.1, 0.15) is 42.5 Å². The summed E-state index contributed by atoms with van der Waals surface area (Å²) in [5.41, 5.74) is 2.62. The van der Waals surface area contributed by atoms with Crippen molar-refractivity contribution in [3.05, 3.63) is 53.2 Å². The number of nitrogens with one attached hydrogen (secondary N) is 2. The second-order valence-electron chi connectivity index (χ2n) is 9.55. The van der Waals surface area contributed by atoms with E-state index in [9.17, 15) is 23.5 Å². The maximum Gasteiger partial charge on any atom is 0.326 e. The minimum absolute atomic E-state index is 0.128. The van der Waals surface area contributed by atoms with Gasteiger partial charge in [0, 0.05) is 38.6 Å². The van der Waals surface area contributed by atoms with Crippen molar-refractivity contribution in [2.75, 3.05) is 45.3 Å². The van der Waals surface area contributed by atoms with Gasteiger partial charge in [0.2, 0.25) is 5.91 Å². The molecule has 0 saturated heterocycles. The monoisotopic (exact) mass is 533 g/mol. The molecule has 208 valence electrons. The van der Waals surface area contributed by atoms with Crippen molar-refractivity contribution in [3.8, 4) is 0 Å². The number of halogens is 2. The highest BCUT2D eigenvalue weighted by atomic mass is 19.1. The zero-order chi connectivity index (χ0) is 27.3. The molecule has 11 heteroatoms. The maximum atomic E-state index is 13.4. The third kappa shape index (κ3) is 9.60. The third-order valence-corrected chi connectivity index (χ3v) is 6.57. The van der Waals surface area contributed by atoms with Gasteiger partial charge in [-0.1, -0.05) is 6.07 Å². The number of carbonyl (C=O) groups is 2. The minimum atomic E-state index is -1.17. The second-order valence-corrected chi connectivity index (χ2v) is 9.55. The molecule has 3 N–H and O–H groups in total. The first-order valence-corrected chi connectivity index (χ1v) is 13.0. The van der Waals surface area contributed by atoms with Crippen LogP contribution in [0.25, 0.3) is 0 Å². The van der Waals surface area contributed by atoms with Crippen LogP contribution in [0.5, 0.6) is 0 Å². The number of nitrogens with zero attached hydrogens (tertiary/aromatic N) is 3. The Labute approximate surface area is 222 Å². The number of pyridine rings is 2. The van der Waals surface area contributed by atoms with Gasteiger partial charge in [-0.25, -0.2) is 18.6 Å². The van der Waals surface area contributed by atoms with Crippen LogP contribution >= 0.6 is 0 Å². The highest BCUT2D eigenvalue weighted by Crippen LogP contribution is 2.20. The molecule has 0 aromatic carbocycles. The van der Waals surface area contributed by atoms with E-state index in [1.54, 1.807) is 0 Å². The van der Waals surface area contributed by atoms with Crippen LogP contribution in [-0.2, 0) is 33.6 Å². The number of aliphatic carboxylic acids is 1. The van der Waals surface area contributed by atoms with Crippen molar-refractivity contribution < 1.29 is 28.2 Å². The van der Waals surface area contributed by atoms with Crippen molar-refractivity contribution >= 4 is 17.7 Å². The Kier molecular flexibility index (Phi) is 11.8. The predicted octanol–water partition coefficient (Wildman–Crippen LogP) is 2.79. The number of unbranched alkanes of at least 4 members (excludes halogenated alkanes) is 1. The average molecular weight is 534 g/mol. The normalized spacial score (nSPS) is 14.4. The number of carboxylic acids is 1. The first-order chi connectivity index (χ1) is 18.4. The fourth-order valence-corrected chi connectivity index (χ4v) is 4.47. The summed E-state index contributed by atoms with van der Waals surface area (Å²) < 4.78 is 31.9. The van der Waals surface area contributed by atoms with Gasteiger partial charge in [-0.2, -0.15) is 0 Å². The van der Waals surface area contributed by atoms with E-state index in [0.29, 0.717) is 25.2 Å². The molecule has 2 unspecified atom stereocenters. The van der Waals surface area contributed by atoms with Crippen molar-refractivity contribution in [1.29, 1.82) is 0 Å². The lowest BCUT2D eigenvalue weighted by molar-refractivity contribution is -0.142. The number of alkyl halides is 1. The molecule has 0 fully saturated rings. The quantitative estimate of drug-likeness (QED) is 0.282. The predicted molar refractivity (Wildman–Crippen MR) is 139 cm³/mol. The Morgan fingerprint density at radius 3 is 2.84 bits per heavy atom. The van der Waals surface area contributed by atoms with E-state index in [2.05, 4.69) is 27.8 Å². The lowest BCUT2D eigenvalue weighted by Gasteiger charge is -2.27. The van der Waals surface area contributed by atoms with E-state index < -0.39 is 36.5 Å². The zero-order valence-corrected chi connectivity index (χ0v) is 21.8. The van der Waals surface area contributed by atoms with Crippen LogP contribution in [-0.4, -0.2) is 84.0 Å². The molecule has 0 radical (unpaired) electrons. The Morgan fingerprint density at radius 2 is 2.11 bits per heavy atom. The highest BCUT2D eigenvalue weighted by molar-refractivity contribution is 5.84. The smallest absolute Gasteiger partial charge is 0.326 e. The van der Waals surface area contributed by atoms with E-state index in [0.717, 1.165) is 56.4 Å². The summed E-state index contributed by atoms with van der Waals surface area (Å²) in [6.45, 7) is 1.55. The molecule has 0 bridgehead atoms. The van der Waals surface area contributed by atoms with Crippen molar-refractivity contribution in [3.63, 3.8) is 0 Å². The highest BCUT2D eigenvalue weighted by Gasteiger charge is 2.22. The Bertz CT molecular complexity index is 1050. The summed E-state index contributed by atoms with van der Waals surface area (Å²) in [6.07, 6.45) is 6.36. The standard InChI is InChI=1S/C27H37F2N5O4/c1-38-23(15-28)18-34(11-3-2-6-22-8-7-20-5-4-10-31-26(20)32-22)12-9-24(27(36)37)33-25(35)14-19-13-21(29)17-30-16-19/h7-8,13,16-17,23-24H,2-6,9-12,14-15,18H2,1H3,(H,31,32)(H,33,35)(H,36,37). The minimum Gasteiger partial charge on any atom is -0.480 e. The second kappa shape index (κ2) is 15.3. The molecule has 0 aliphatic carbocycles. The fourth-order valence-electron chi connectivity index (χ4n) is 4.47. The van der Waals surface area contributed by atoms with Gasteiger partial charge >= 0.3 is 5.97 Å². The third-order valence-electron chi connectivity index (χ3n) is 6.57. The lowest BCUT2D eigenvalue weighted by atomic mass is 10.1. The number of fused-ring (bicyclic) bond motifs is 1. The maximum absolute atomic E-state index is 13.4. The van der Waals surface area contributed by atoms with Gasteiger partial charge in [0.25, 0.3) is 0 Å². The molecule has 1 amide bonds. The summed E-state index contributed by atoms with van der Waals surface area (Å²) >= 11 is 0. The van der Waals surface area contributed by atoms with Gasteiger partial charge in [-0.05, 0) is 68.3 Å². The van der Waals surface area contributed by atoms with E-state index in [1.165, 1.54) is 24.9 Å². The number of carboxylic acid groups (broad SMARTS) is 1. The van der Waals surface area contributed by atoms with E-state index in [1.807, 2.05) is 4.90 Å². The fraction of sp³-hybridized carbons (Fsp3) is 0.556. The molecule has 1 aliphatic heterocycles. The molecular weight excluding hydrogens is 496 g/mol. The van der Waals surface area contributed by atoms with Gasteiger partial charge in [-0.15, -0.1) is 0 Å². The van der Waals surface area contributed by atoms with Crippen LogP contribution in [0.2, 0.25) is 0 Å². The number of aromatic nitrogens is 2. The average Bonchev–Trinajstić information content (AvgIpc) is 2.91. The number of ether oxygens (including phenoxy) is 1. The number of hydrogen-bond acceptors (Lipinski definition) is 7. The van der Waals surface area contributed by atoms with E-state index >= 15 is 0 Å². The molecule has 38 heavy (non-hydrogen) atoms. The molecule has 1 aliphatic rings. The molecule has 0 saturated carbocycles. The summed E-state index contributed by atoms with van der Waals surface area (Å²) in [5, 5.41) is 15.5. The number of aryl methyl sites for hydroxylation is 2. The SMILES string of the molecule is COC(CF)CN(CCCCc1ccc2c(n1)NCCC2)CCC(NC(=O)Cc1cncc(F)c1)C(=O)O. The first kappa shape index (κ1) is 29.4. The molecule has 9 nitrogen and oxygen atoms in total. The van der Waals surface area contributed by atoms with Crippen LogP contribution < -0.4 is 10.6 Å². The van der Waals surface area contributed by atoms with Crippen molar-refractivity contribution in [2.45, 2.75) is 57.1 Å². The van der Waals surface area contributed by atoms with Gasteiger partial charge in [0.05, 0.1) is 18.7 Å². The molecular formula is C27H37F2N5O4.